The van der Waals surface area contributed by atoms with Crippen molar-refractivity contribution in [3.8, 4) is 0 Å². The predicted octanol–water partition coefficient (Wildman–Crippen LogP) is 3.28. The zero-order valence-corrected chi connectivity index (χ0v) is 17.1. The van der Waals surface area contributed by atoms with E-state index in [0.29, 0.717) is 38.2 Å². The lowest BCUT2D eigenvalue weighted by atomic mass is 9.99. The molecule has 1 fully saturated rings. The number of piperidine rings is 1. The summed E-state index contributed by atoms with van der Waals surface area (Å²) in [7, 11) is 0. The number of likely N-dealkylation sites (tertiary alicyclic amines) is 1. The van der Waals surface area contributed by atoms with Crippen molar-refractivity contribution in [2.24, 2.45) is 5.92 Å². The van der Waals surface area contributed by atoms with Crippen molar-refractivity contribution >= 4 is 18.4 Å². The average Bonchev–Trinajstić information content (AvgIpc) is 2.71. The number of rotatable bonds is 15. The smallest absolute Gasteiger partial charge is 0.434 e. The first-order valence-electron chi connectivity index (χ1n) is 10.4. The Kier molecular flexibility index (Phi) is 14.2. The maximum Gasteiger partial charge on any atom is 0.508 e. The molecule has 1 unspecified atom stereocenters. The number of carbonyl (C=O) groups excluding carboxylic acids is 3. The van der Waals surface area contributed by atoms with Gasteiger partial charge in [0.05, 0.1) is 19.8 Å². The van der Waals surface area contributed by atoms with Gasteiger partial charge >= 0.3 is 12.1 Å². The van der Waals surface area contributed by atoms with Crippen molar-refractivity contribution in [2.75, 3.05) is 39.5 Å². The van der Waals surface area contributed by atoms with E-state index >= 15 is 0 Å². The van der Waals surface area contributed by atoms with Crippen molar-refractivity contribution in [2.45, 2.75) is 64.7 Å². The third-order valence-corrected chi connectivity index (χ3v) is 4.68. The molecule has 0 bridgehead atoms. The standard InChI is InChI=1S/C20H35NO7/c1-2-21-12-9-10-18(16-21)17-26-20(24)25-14-7-8-15-27-28-19(23)11-5-3-4-6-13-22/h13,18H,2-12,14-17H2,1H3. The molecule has 162 valence electrons. The van der Waals surface area contributed by atoms with Crippen LogP contribution < -0.4 is 0 Å². The van der Waals surface area contributed by atoms with Gasteiger partial charge in [0.15, 0.2) is 0 Å². The molecule has 1 rings (SSSR count). The molecule has 8 heteroatoms. The Morgan fingerprint density at radius 2 is 1.89 bits per heavy atom. The third kappa shape index (κ3) is 12.7. The van der Waals surface area contributed by atoms with Crippen LogP contribution >= 0.6 is 0 Å². The van der Waals surface area contributed by atoms with Gasteiger partial charge in [0.1, 0.15) is 6.29 Å². The van der Waals surface area contributed by atoms with E-state index in [0.717, 1.165) is 51.6 Å². The number of carbonyl (C=O) groups is 3. The molecule has 0 aromatic carbocycles. The van der Waals surface area contributed by atoms with Gasteiger partial charge in [-0.25, -0.2) is 9.59 Å². The lowest BCUT2D eigenvalue weighted by Gasteiger charge is -2.31. The highest BCUT2D eigenvalue weighted by Gasteiger charge is 2.20. The summed E-state index contributed by atoms with van der Waals surface area (Å²) in [6, 6.07) is 0. The molecule has 1 heterocycles. The van der Waals surface area contributed by atoms with Crippen LogP contribution in [0.1, 0.15) is 64.7 Å². The lowest BCUT2D eigenvalue weighted by molar-refractivity contribution is -0.272. The summed E-state index contributed by atoms with van der Waals surface area (Å²) < 4.78 is 10.2. The second-order valence-electron chi connectivity index (χ2n) is 7.06. The van der Waals surface area contributed by atoms with Gasteiger partial charge in [-0.1, -0.05) is 13.3 Å². The van der Waals surface area contributed by atoms with Crippen LogP contribution in [0.15, 0.2) is 0 Å². The molecule has 1 saturated heterocycles. The highest BCUT2D eigenvalue weighted by Crippen LogP contribution is 2.16. The van der Waals surface area contributed by atoms with Gasteiger partial charge in [0.2, 0.25) is 0 Å². The number of ether oxygens (including phenoxy) is 2. The van der Waals surface area contributed by atoms with Gasteiger partial charge in [0.25, 0.3) is 0 Å². The zero-order valence-electron chi connectivity index (χ0n) is 17.1. The monoisotopic (exact) mass is 401 g/mol. The molecule has 0 radical (unpaired) electrons. The molecule has 0 aromatic heterocycles. The van der Waals surface area contributed by atoms with Gasteiger partial charge < -0.3 is 19.2 Å². The molecule has 0 spiro atoms. The summed E-state index contributed by atoms with van der Waals surface area (Å²) in [4.78, 5) is 45.0. The van der Waals surface area contributed by atoms with Crippen molar-refractivity contribution < 1.29 is 33.6 Å². The van der Waals surface area contributed by atoms with Crippen LogP contribution in [0.2, 0.25) is 0 Å². The van der Waals surface area contributed by atoms with E-state index in [1.165, 1.54) is 0 Å². The fourth-order valence-corrected chi connectivity index (χ4v) is 3.04. The molecule has 0 N–H and O–H groups in total. The Bertz CT molecular complexity index is 444. The predicted molar refractivity (Wildman–Crippen MR) is 103 cm³/mol. The maximum atomic E-state index is 11.6. The van der Waals surface area contributed by atoms with Crippen molar-refractivity contribution in [3.63, 3.8) is 0 Å². The van der Waals surface area contributed by atoms with Crippen LogP contribution in [0.5, 0.6) is 0 Å². The van der Waals surface area contributed by atoms with Crippen molar-refractivity contribution in [3.05, 3.63) is 0 Å². The summed E-state index contributed by atoms with van der Waals surface area (Å²) >= 11 is 0. The Balaban J connectivity index is 1.89. The van der Waals surface area contributed by atoms with E-state index in [2.05, 4.69) is 16.7 Å². The van der Waals surface area contributed by atoms with Crippen LogP contribution in [0.4, 0.5) is 4.79 Å². The number of nitrogens with zero attached hydrogens (tertiary/aromatic N) is 1. The Labute approximate surface area is 167 Å². The molecular weight excluding hydrogens is 366 g/mol. The molecule has 1 atom stereocenters. The first-order chi connectivity index (χ1) is 13.7. The lowest BCUT2D eigenvalue weighted by Crippen LogP contribution is -2.37. The van der Waals surface area contributed by atoms with E-state index in [4.69, 9.17) is 14.4 Å². The molecule has 0 amide bonds. The Morgan fingerprint density at radius 3 is 2.68 bits per heavy atom. The van der Waals surface area contributed by atoms with Gasteiger partial charge in [-0.05, 0) is 51.6 Å². The number of hydrogen-bond acceptors (Lipinski definition) is 8. The Morgan fingerprint density at radius 1 is 1.07 bits per heavy atom. The topological polar surface area (TPSA) is 91.4 Å². The van der Waals surface area contributed by atoms with Crippen LogP contribution in [0.3, 0.4) is 0 Å². The van der Waals surface area contributed by atoms with Crippen LogP contribution in [-0.2, 0) is 28.8 Å². The van der Waals surface area contributed by atoms with E-state index in [1.807, 2.05) is 0 Å². The van der Waals surface area contributed by atoms with Crippen molar-refractivity contribution in [1.29, 1.82) is 0 Å². The Hall–Kier alpha value is -1.67. The summed E-state index contributed by atoms with van der Waals surface area (Å²) in [6.07, 6.45) is 6.78. The molecule has 0 aromatic rings. The van der Waals surface area contributed by atoms with Crippen LogP contribution in [0, 0.1) is 5.92 Å². The van der Waals surface area contributed by atoms with Gasteiger partial charge in [-0.15, -0.1) is 0 Å². The normalized spacial score (nSPS) is 17.1. The first-order valence-corrected chi connectivity index (χ1v) is 10.4. The summed E-state index contributed by atoms with van der Waals surface area (Å²) in [5, 5.41) is 0. The molecule has 0 aliphatic carbocycles. The quantitative estimate of drug-likeness (QED) is 0.136. The molecule has 28 heavy (non-hydrogen) atoms. The van der Waals surface area contributed by atoms with Crippen LogP contribution in [0.25, 0.3) is 0 Å². The number of aldehydes is 1. The fraction of sp³-hybridized carbons (Fsp3) is 0.850. The third-order valence-electron chi connectivity index (χ3n) is 4.68. The summed E-state index contributed by atoms with van der Waals surface area (Å²) in [5.41, 5.74) is 0. The highest BCUT2D eigenvalue weighted by molar-refractivity contribution is 5.68. The minimum atomic E-state index is -0.629. The summed E-state index contributed by atoms with van der Waals surface area (Å²) in [6.45, 7) is 6.17. The largest absolute Gasteiger partial charge is 0.508 e. The molecule has 1 aliphatic rings. The van der Waals surface area contributed by atoms with Crippen molar-refractivity contribution in [1.82, 2.24) is 4.90 Å². The van der Waals surface area contributed by atoms with Gasteiger partial charge in [0, 0.05) is 25.3 Å². The second kappa shape index (κ2) is 16.3. The van der Waals surface area contributed by atoms with E-state index in [1.54, 1.807) is 0 Å². The molecular formula is C20H35NO7. The minimum Gasteiger partial charge on any atom is -0.434 e. The maximum absolute atomic E-state index is 11.6. The SMILES string of the molecule is CCN1CCCC(COC(=O)OCCCCOOC(=O)CCCCCC=O)C1. The molecule has 0 saturated carbocycles. The minimum absolute atomic E-state index is 0.249. The van der Waals surface area contributed by atoms with E-state index < -0.39 is 12.1 Å². The number of hydrogen-bond donors (Lipinski definition) is 0. The zero-order chi connectivity index (χ0) is 20.5. The fourth-order valence-electron chi connectivity index (χ4n) is 3.04. The number of unbranched alkanes of at least 4 members (excludes halogenated alkanes) is 4. The van der Waals surface area contributed by atoms with E-state index in [9.17, 15) is 14.4 Å². The molecule has 1 aliphatic heterocycles. The highest BCUT2D eigenvalue weighted by atomic mass is 17.2. The van der Waals surface area contributed by atoms with Gasteiger partial charge in [-0.2, -0.15) is 4.89 Å². The second-order valence-corrected chi connectivity index (χ2v) is 7.06. The first kappa shape index (κ1) is 24.4. The summed E-state index contributed by atoms with van der Waals surface area (Å²) in [5.74, 6) is -0.0235. The molecule has 8 nitrogen and oxygen atoms in total. The van der Waals surface area contributed by atoms with Gasteiger partial charge in [-0.3, -0.25) is 4.89 Å². The van der Waals surface area contributed by atoms with Crippen LogP contribution in [-0.4, -0.2) is 62.8 Å². The average molecular weight is 402 g/mol. The van der Waals surface area contributed by atoms with E-state index in [-0.39, 0.29) is 19.6 Å².